The number of nitrogens with two attached hydrogens (primary N) is 1. The highest BCUT2D eigenvalue weighted by molar-refractivity contribution is 6.30. The normalized spacial score (nSPS) is 10.9. The van der Waals surface area contributed by atoms with E-state index in [-0.39, 0.29) is 11.4 Å². The van der Waals surface area contributed by atoms with Crippen molar-refractivity contribution in [1.82, 2.24) is 24.3 Å². The van der Waals surface area contributed by atoms with Gasteiger partial charge in [0.25, 0.3) is 11.5 Å². The molecular weight excluding hydrogens is 516 g/mol. The number of hydrogen-bond acceptors (Lipinski definition) is 7. The zero-order valence-electron chi connectivity index (χ0n) is 21.4. The minimum atomic E-state index is -0.515. The van der Waals surface area contributed by atoms with Crippen LogP contribution in [0.2, 0.25) is 5.02 Å². The van der Waals surface area contributed by atoms with E-state index in [1.165, 1.54) is 4.68 Å². The molecular formula is C28H25ClN8O2. The van der Waals surface area contributed by atoms with Gasteiger partial charge >= 0.3 is 0 Å². The molecule has 1 amide bonds. The SMILES string of the molecule is CNc1cccc(-c2cnc(N)c(-c3ccc(NC(=O)c4c(C)n(C)n(-c5cccc(Cl)c5)c4=O)cc3)n2)n1. The molecule has 11 heteroatoms. The van der Waals surface area contributed by atoms with Crippen LogP contribution in [-0.2, 0) is 7.05 Å². The maximum Gasteiger partial charge on any atom is 0.284 e. The molecule has 39 heavy (non-hydrogen) atoms. The monoisotopic (exact) mass is 540 g/mol. The van der Waals surface area contributed by atoms with Crippen molar-refractivity contribution in [2.75, 3.05) is 23.4 Å². The molecule has 0 aliphatic carbocycles. The number of carbonyl (C=O) groups excluding carboxylic acids is 1. The van der Waals surface area contributed by atoms with Gasteiger partial charge in [-0.3, -0.25) is 14.3 Å². The number of carbonyl (C=O) groups is 1. The number of nitrogens with one attached hydrogen (secondary N) is 2. The summed E-state index contributed by atoms with van der Waals surface area (Å²) in [6, 6.07) is 19.4. The van der Waals surface area contributed by atoms with E-state index in [0.29, 0.717) is 50.6 Å². The lowest BCUT2D eigenvalue weighted by Gasteiger charge is -2.09. The third kappa shape index (κ3) is 4.97. The second kappa shape index (κ2) is 10.4. The Morgan fingerprint density at radius 1 is 1.00 bits per heavy atom. The van der Waals surface area contributed by atoms with Crippen LogP contribution in [0.3, 0.4) is 0 Å². The van der Waals surface area contributed by atoms with Crippen LogP contribution in [0.5, 0.6) is 0 Å². The molecule has 3 heterocycles. The maximum absolute atomic E-state index is 13.2. The number of pyridine rings is 1. The van der Waals surface area contributed by atoms with Crippen molar-refractivity contribution in [3.63, 3.8) is 0 Å². The molecule has 2 aromatic carbocycles. The van der Waals surface area contributed by atoms with Crippen LogP contribution < -0.4 is 21.9 Å². The number of rotatable bonds is 6. The number of hydrogen-bond donors (Lipinski definition) is 3. The lowest BCUT2D eigenvalue weighted by Crippen LogP contribution is -2.25. The average molecular weight is 541 g/mol. The summed E-state index contributed by atoms with van der Waals surface area (Å²) in [4.78, 5) is 39.9. The molecule has 0 bridgehead atoms. The Bertz CT molecular complexity index is 1760. The molecule has 196 valence electrons. The van der Waals surface area contributed by atoms with Crippen LogP contribution in [0.15, 0.2) is 77.7 Å². The first-order valence-corrected chi connectivity index (χ1v) is 12.4. The first-order valence-electron chi connectivity index (χ1n) is 12.0. The summed E-state index contributed by atoms with van der Waals surface area (Å²) in [5.74, 6) is 0.459. The lowest BCUT2D eigenvalue weighted by atomic mass is 10.1. The summed E-state index contributed by atoms with van der Waals surface area (Å²) in [6.07, 6.45) is 1.58. The topological polar surface area (TPSA) is 133 Å². The zero-order valence-corrected chi connectivity index (χ0v) is 22.2. The summed E-state index contributed by atoms with van der Waals surface area (Å²) in [5, 5.41) is 6.30. The largest absolute Gasteiger partial charge is 0.382 e. The first kappa shape index (κ1) is 25.7. The summed E-state index contributed by atoms with van der Waals surface area (Å²) < 4.78 is 3.04. The van der Waals surface area contributed by atoms with Crippen molar-refractivity contribution in [1.29, 1.82) is 0 Å². The molecule has 0 aliphatic heterocycles. The van der Waals surface area contributed by atoms with E-state index in [2.05, 4.69) is 25.6 Å². The second-order valence-corrected chi connectivity index (χ2v) is 9.20. The van der Waals surface area contributed by atoms with E-state index in [9.17, 15) is 9.59 Å². The molecule has 0 radical (unpaired) electrons. The van der Waals surface area contributed by atoms with Gasteiger partial charge in [0, 0.05) is 30.4 Å². The molecule has 0 saturated carbocycles. The number of nitrogen functional groups attached to an aromatic ring is 1. The predicted molar refractivity (Wildman–Crippen MR) is 153 cm³/mol. The van der Waals surface area contributed by atoms with Crippen molar-refractivity contribution in [3.8, 4) is 28.3 Å². The van der Waals surface area contributed by atoms with Crippen molar-refractivity contribution >= 4 is 34.8 Å². The van der Waals surface area contributed by atoms with Gasteiger partial charge in [0.1, 0.15) is 28.6 Å². The zero-order chi connectivity index (χ0) is 27.7. The second-order valence-electron chi connectivity index (χ2n) is 8.76. The Kier molecular flexibility index (Phi) is 6.86. The van der Waals surface area contributed by atoms with Gasteiger partial charge in [-0.1, -0.05) is 35.9 Å². The van der Waals surface area contributed by atoms with Crippen LogP contribution >= 0.6 is 11.6 Å². The molecule has 5 aromatic rings. The van der Waals surface area contributed by atoms with E-state index < -0.39 is 11.5 Å². The fraction of sp³-hybridized carbons (Fsp3) is 0.107. The third-order valence-corrected chi connectivity index (χ3v) is 6.55. The molecule has 0 fully saturated rings. The third-order valence-electron chi connectivity index (χ3n) is 6.32. The standard InChI is InChI=1S/C28H25ClN8O2/c1-16-24(28(39)37(36(16)3)20-7-4-6-18(29)14-20)27(38)33-19-12-10-17(11-13-19)25-26(30)32-15-22(35-25)21-8-5-9-23(31-2)34-21/h4-15H,1-3H3,(H2,30,32)(H,31,34)(H,33,38). The van der Waals surface area contributed by atoms with Crippen molar-refractivity contribution < 1.29 is 4.79 Å². The predicted octanol–water partition coefficient (Wildman–Crippen LogP) is 4.53. The number of amides is 1. The quantitative estimate of drug-likeness (QED) is 0.288. The molecule has 4 N–H and O–H groups in total. The fourth-order valence-corrected chi connectivity index (χ4v) is 4.41. The lowest BCUT2D eigenvalue weighted by molar-refractivity contribution is 0.102. The maximum atomic E-state index is 13.2. The van der Waals surface area contributed by atoms with E-state index in [4.69, 9.17) is 17.3 Å². The van der Waals surface area contributed by atoms with Gasteiger partial charge in [0.2, 0.25) is 0 Å². The molecule has 0 spiro atoms. The van der Waals surface area contributed by atoms with Gasteiger partial charge in [-0.05, 0) is 49.4 Å². The summed E-state index contributed by atoms with van der Waals surface area (Å²) >= 11 is 6.11. The first-order chi connectivity index (χ1) is 18.8. The Morgan fingerprint density at radius 2 is 1.74 bits per heavy atom. The van der Waals surface area contributed by atoms with Gasteiger partial charge in [0.05, 0.1) is 23.3 Å². The highest BCUT2D eigenvalue weighted by Crippen LogP contribution is 2.27. The van der Waals surface area contributed by atoms with Gasteiger partial charge in [-0.25, -0.2) is 19.6 Å². The Labute approximate surface area is 229 Å². The van der Waals surface area contributed by atoms with Crippen molar-refractivity contribution in [2.24, 2.45) is 7.05 Å². The van der Waals surface area contributed by atoms with Gasteiger partial charge in [-0.2, -0.15) is 0 Å². The van der Waals surface area contributed by atoms with Gasteiger partial charge in [-0.15, -0.1) is 0 Å². The molecule has 10 nitrogen and oxygen atoms in total. The van der Waals surface area contributed by atoms with Crippen molar-refractivity contribution in [3.05, 3.63) is 99.6 Å². The molecule has 5 rings (SSSR count). The highest BCUT2D eigenvalue weighted by Gasteiger charge is 2.22. The van der Waals surface area contributed by atoms with Crippen LogP contribution in [0.1, 0.15) is 16.1 Å². The number of nitrogens with zero attached hydrogens (tertiary/aromatic N) is 5. The van der Waals surface area contributed by atoms with Crippen LogP contribution in [0, 0.1) is 6.92 Å². The van der Waals surface area contributed by atoms with Crippen LogP contribution in [-0.4, -0.2) is 37.3 Å². The summed E-state index contributed by atoms with van der Waals surface area (Å²) in [6.45, 7) is 1.72. The van der Waals surface area contributed by atoms with E-state index >= 15 is 0 Å². The molecule has 0 aliphatic rings. The van der Waals surface area contributed by atoms with Gasteiger partial charge in [0.15, 0.2) is 0 Å². The number of halogens is 1. The Morgan fingerprint density at radius 3 is 2.46 bits per heavy atom. The molecule has 3 aromatic heterocycles. The molecule has 0 saturated heterocycles. The number of aromatic nitrogens is 5. The minimum absolute atomic E-state index is 0.0423. The summed E-state index contributed by atoms with van der Waals surface area (Å²) in [5.41, 5.74) is 9.75. The summed E-state index contributed by atoms with van der Waals surface area (Å²) in [7, 11) is 3.51. The number of benzene rings is 2. The smallest absolute Gasteiger partial charge is 0.284 e. The fourth-order valence-electron chi connectivity index (χ4n) is 4.22. The average Bonchev–Trinajstić information content (AvgIpc) is 3.16. The highest BCUT2D eigenvalue weighted by atomic mass is 35.5. The number of anilines is 3. The molecule has 0 atom stereocenters. The van der Waals surface area contributed by atoms with Crippen LogP contribution in [0.25, 0.3) is 28.3 Å². The minimum Gasteiger partial charge on any atom is -0.382 e. The van der Waals surface area contributed by atoms with Crippen LogP contribution in [0.4, 0.5) is 17.3 Å². The van der Waals surface area contributed by atoms with Crippen molar-refractivity contribution in [2.45, 2.75) is 6.92 Å². The Hall–Kier alpha value is -4.96. The van der Waals surface area contributed by atoms with E-state index in [1.54, 1.807) is 80.4 Å². The van der Waals surface area contributed by atoms with Gasteiger partial charge < -0.3 is 16.4 Å². The van der Waals surface area contributed by atoms with E-state index in [1.807, 2.05) is 18.2 Å². The molecule has 0 unspecified atom stereocenters. The Balaban J connectivity index is 1.41. The van der Waals surface area contributed by atoms with E-state index in [0.717, 1.165) is 0 Å².